The third-order valence-corrected chi connectivity index (χ3v) is 3.19. The fourth-order valence-electron chi connectivity index (χ4n) is 2.26. The molecule has 0 amide bonds. The maximum absolute atomic E-state index is 4.29. The van der Waals surface area contributed by atoms with Gasteiger partial charge in [0.05, 0.1) is 0 Å². The van der Waals surface area contributed by atoms with Crippen LogP contribution in [0.4, 0.5) is 5.69 Å². The molecule has 0 aliphatic carbocycles. The summed E-state index contributed by atoms with van der Waals surface area (Å²) in [4.78, 5) is 6.67. The number of anilines is 1. The average molecular weight is 240 g/mol. The summed E-state index contributed by atoms with van der Waals surface area (Å²) in [5.41, 5.74) is 4.94. The number of para-hydroxylation sites is 1. The summed E-state index contributed by atoms with van der Waals surface area (Å²) in [6.07, 6.45) is 3.83. The Morgan fingerprint density at radius 1 is 1.06 bits per heavy atom. The highest BCUT2D eigenvalue weighted by molar-refractivity contribution is 5.78. The van der Waals surface area contributed by atoms with Crippen molar-refractivity contribution in [1.82, 2.24) is 4.98 Å². The van der Waals surface area contributed by atoms with Gasteiger partial charge in [0.1, 0.15) is 0 Å². The van der Waals surface area contributed by atoms with Gasteiger partial charge in [-0.1, -0.05) is 18.2 Å². The zero-order valence-corrected chi connectivity index (χ0v) is 11.4. The summed E-state index contributed by atoms with van der Waals surface area (Å²) < 4.78 is 0. The quantitative estimate of drug-likeness (QED) is 0.805. The van der Waals surface area contributed by atoms with Crippen molar-refractivity contribution in [3.05, 3.63) is 48.3 Å². The van der Waals surface area contributed by atoms with E-state index < -0.39 is 0 Å². The second-order valence-corrected chi connectivity index (χ2v) is 4.44. The minimum Gasteiger partial charge on any atom is -0.372 e. The van der Waals surface area contributed by atoms with Crippen molar-refractivity contribution in [1.29, 1.82) is 0 Å². The second kappa shape index (κ2) is 5.67. The van der Waals surface area contributed by atoms with Gasteiger partial charge in [0, 0.05) is 42.3 Å². The first-order chi connectivity index (χ1) is 8.76. The number of hydrogen-bond acceptors (Lipinski definition) is 2. The van der Waals surface area contributed by atoms with E-state index in [0.717, 1.165) is 13.1 Å². The minimum absolute atomic E-state index is 1.02. The maximum atomic E-state index is 4.29. The van der Waals surface area contributed by atoms with E-state index in [1.807, 2.05) is 12.4 Å². The third-order valence-electron chi connectivity index (χ3n) is 3.19. The smallest absolute Gasteiger partial charge is 0.0446 e. The van der Waals surface area contributed by atoms with E-state index in [2.05, 4.69) is 61.0 Å². The molecule has 0 spiro atoms. The Bertz CT molecular complexity index is 516. The summed E-state index contributed by atoms with van der Waals surface area (Å²) >= 11 is 0. The fourth-order valence-corrected chi connectivity index (χ4v) is 2.26. The van der Waals surface area contributed by atoms with Gasteiger partial charge in [0.2, 0.25) is 0 Å². The topological polar surface area (TPSA) is 16.1 Å². The molecule has 94 valence electrons. The van der Waals surface area contributed by atoms with Gasteiger partial charge >= 0.3 is 0 Å². The van der Waals surface area contributed by atoms with Gasteiger partial charge < -0.3 is 4.90 Å². The van der Waals surface area contributed by atoms with E-state index in [4.69, 9.17) is 0 Å². The van der Waals surface area contributed by atoms with Gasteiger partial charge in [-0.15, -0.1) is 0 Å². The summed E-state index contributed by atoms with van der Waals surface area (Å²) in [7, 11) is 0. The number of rotatable bonds is 4. The van der Waals surface area contributed by atoms with Gasteiger partial charge in [-0.25, -0.2) is 0 Å². The Morgan fingerprint density at radius 2 is 1.78 bits per heavy atom. The lowest BCUT2D eigenvalue weighted by Crippen LogP contribution is -2.22. The van der Waals surface area contributed by atoms with Crippen molar-refractivity contribution in [2.24, 2.45) is 0 Å². The van der Waals surface area contributed by atoms with Gasteiger partial charge in [-0.2, -0.15) is 0 Å². The molecule has 2 heteroatoms. The van der Waals surface area contributed by atoms with Crippen molar-refractivity contribution in [2.75, 3.05) is 18.0 Å². The van der Waals surface area contributed by atoms with Crippen molar-refractivity contribution in [3.8, 4) is 11.1 Å². The Balaban J connectivity index is 2.51. The Kier molecular flexibility index (Phi) is 3.98. The van der Waals surface area contributed by atoms with Crippen LogP contribution in [0.2, 0.25) is 0 Å². The van der Waals surface area contributed by atoms with Crippen LogP contribution in [0, 0.1) is 6.92 Å². The molecule has 1 heterocycles. The van der Waals surface area contributed by atoms with Crippen LogP contribution in [0.15, 0.2) is 42.7 Å². The highest BCUT2D eigenvalue weighted by atomic mass is 15.1. The highest BCUT2D eigenvalue weighted by Gasteiger charge is 2.09. The van der Waals surface area contributed by atoms with Crippen LogP contribution >= 0.6 is 0 Å². The fraction of sp³-hybridized carbons (Fsp3) is 0.312. The van der Waals surface area contributed by atoms with Crippen LogP contribution < -0.4 is 4.90 Å². The van der Waals surface area contributed by atoms with Crippen LogP contribution in [0.3, 0.4) is 0 Å². The number of nitrogens with zero attached hydrogens (tertiary/aromatic N) is 2. The molecule has 0 aliphatic heterocycles. The van der Waals surface area contributed by atoms with E-state index in [0.29, 0.717) is 0 Å². The Labute approximate surface area is 109 Å². The van der Waals surface area contributed by atoms with Crippen LogP contribution in [-0.2, 0) is 0 Å². The largest absolute Gasteiger partial charge is 0.372 e. The molecule has 1 aromatic carbocycles. The molecule has 0 bridgehead atoms. The Hall–Kier alpha value is -1.83. The first-order valence-electron chi connectivity index (χ1n) is 6.52. The summed E-state index contributed by atoms with van der Waals surface area (Å²) in [6.45, 7) is 8.50. The lowest BCUT2D eigenvalue weighted by molar-refractivity contribution is 0.867. The summed E-state index contributed by atoms with van der Waals surface area (Å²) in [5.74, 6) is 0. The summed E-state index contributed by atoms with van der Waals surface area (Å²) in [5, 5.41) is 0. The van der Waals surface area contributed by atoms with E-state index in [9.17, 15) is 0 Å². The predicted octanol–water partition coefficient (Wildman–Crippen LogP) is 3.90. The zero-order valence-electron chi connectivity index (χ0n) is 11.4. The van der Waals surface area contributed by atoms with Crippen LogP contribution in [0.5, 0.6) is 0 Å². The maximum Gasteiger partial charge on any atom is 0.0446 e. The standard InChI is InChI=1S/C16H20N2/c1-4-18(5-2)16-9-7-6-8-15(16)14-10-13(3)11-17-12-14/h6-12H,4-5H2,1-3H3. The third kappa shape index (κ3) is 2.53. The molecule has 0 fully saturated rings. The van der Waals surface area contributed by atoms with Crippen molar-refractivity contribution in [2.45, 2.75) is 20.8 Å². The monoisotopic (exact) mass is 240 g/mol. The molecule has 1 aromatic heterocycles. The molecular formula is C16H20N2. The minimum atomic E-state index is 1.02. The van der Waals surface area contributed by atoms with Gasteiger partial charge in [-0.3, -0.25) is 4.98 Å². The molecule has 0 N–H and O–H groups in total. The number of aryl methyl sites for hydroxylation is 1. The summed E-state index contributed by atoms with van der Waals surface area (Å²) in [6, 6.07) is 10.7. The van der Waals surface area contributed by atoms with E-state index in [1.54, 1.807) is 0 Å². The SMILES string of the molecule is CCN(CC)c1ccccc1-c1cncc(C)c1. The van der Waals surface area contributed by atoms with E-state index >= 15 is 0 Å². The van der Waals surface area contributed by atoms with Gasteiger partial charge in [-0.05, 0) is 38.5 Å². The molecule has 0 aliphatic rings. The Morgan fingerprint density at radius 3 is 2.44 bits per heavy atom. The normalized spacial score (nSPS) is 10.4. The number of pyridine rings is 1. The number of hydrogen-bond donors (Lipinski definition) is 0. The van der Waals surface area contributed by atoms with Crippen molar-refractivity contribution in [3.63, 3.8) is 0 Å². The molecule has 0 unspecified atom stereocenters. The molecule has 2 rings (SSSR count). The van der Waals surface area contributed by atoms with Crippen molar-refractivity contribution < 1.29 is 0 Å². The zero-order chi connectivity index (χ0) is 13.0. The van der Waals surface area contributed by atoms with E-state index in [-0.39, 0.29) is 0 Å². The van der Waals surface area contributed by atoms with Gasteiger partial charge in [0.15, 0.2) is 0 Å². The lowest BCUT2D eigenvalue weighted by Gasteiger charge is -2.24. The molecule has 0 saturated heterocycles. The molecule has 0 saturated carbocycles. The second-order valence-electron chi connectivity index (χ2n) is 4.44. The van der Waals surface area contributed by atoms with Crippen LogP contribution in [-0.4, -0.2) is 18.1 Å². The molecule has 18 heavy (non-hydrogen) atoms. The number of aromatic nitrogens is 1. The molecular weight excluding hydrogens is 220 g/mol. The molecule has 0 radical (unpaired) electrons. The molecule has 2 aromatic rings. The highest BCUT2D eigenvalue weighted by Crippen LogP contribution is 2.30. The van der Waals surface area contributed by atoms with Crippen LogP contribution in [0.25, 0.3) is 11.1 Å². The number of benzene rings is 1. The average Bonchev–Trinajstić information content (AvgIpc) is 2.41. The predicted molar refractivity (Wildman–Crippen MR) is 78.0 cm³/mol. The van der Waals surface area contributed by atoms with E-state index in [1.165, 1.54) is 22.4 Å². The molecule has 0 atom stereocenters. The van der Waals surface area contributed by atoms with Crippen LogP contribution in [0.1, 0.15) is 19.4 Å². The van der Waals surface area contributed by atoms with Crippen molar-refractivity contribution >= 4 is 5.69 Å². The molecule has 2 nitrogen and oxygen atoms in total. The first kappa shape index (κ1) is 12.6. The van der Waals surface area contributed by atoms with Gasteiger partial charge in [0.25, 0.3) is 0 Å². The first-order valence-corrected chi connectivity index (χ1v) is 6.52. The lowest BCUT2D eigenvalue weighted by atomic mass is 10.0.